The SMILES string of the molecule is FC(F)(F)Oc1cccc(CNCC2CC2)c1. The summed E-state index contributed by atoms with van der Waals surface area (Å²) in [6.07, 6.45) is -2.12. The summed E-state index contributed by atoms with van der Waals surface area (Å²) in [7, 11) is 0. The molecular formula is C12H14F3NO. The summed E-state index contributed by atoms with van der Waals surface area (Å²) in [5.41, 5.74) is 0.799. The third-order valence-corrected chi connectivity index (χ3v) is 2.59. The zero-order valence-corrected chi connectivity index (χ0v) is 9.26. The summed E-state index contributed by atoms with van der Waals surface area (Å²) in [6.45, 7) is 1.51. The van der Waals surface area contributed by atoms with Crippen molar-refractivity contribution >= 4 is 0 Å². The van der Waals surface area contributed by atoms with Crippen molar-refractivity contribution in [3.8, 4) is 5.75 Å². The van der Waals surface area contributed by atoms with Gasteiger partial charge in [0, 0.05) is 6.54 Å². The van der Waals surface area contributed by atoms with E-state index in [9.17, 15) is 13.2 Å². The third-order valence-electron chi connectivity index (χ3n) is 2.59. The molecule has 0 unspecified atom stereocenters. The molecule has 0 bridgehead atoms. The largest absolute Gasteiger partial charge is 0.573 e. The summed E-state index contributed by atoms with van der Waals surface area (Å²) >= 11 is 0. The van der Waals surface area contributed by atoms with Crippen molar-refractivity contribution in [1.82, 2.24) is 5.32 Å². The van der Waals surface area contributed by atoms with Crippen molar-refractivity contribution in [3.63, 3.8) is 0 Å². The third kappa shape index (κ3) is 4.65. The predicted molar refractivity (Wildman–Crippen MR) is 57.6 cm³/mol. The molecule has 1 aromatic rings. The van der Waals surface area contributed by atoms with Crippen LogP contribution in [0.5, 0.6) is 5.75 Å². The number of nitrogens with one attached hydrogen (secondary N) is 1. The van der Waals surface area contributed by atoms with Gasteiger partial charge in [0.15, 0.2) is 0 Å². The molecule has 0 radical (unpaired) electrons. The Hall–Kier alpha value is -1.23. The average Bonchev–Trinajstić information content (AvgIpc) is 2.99. The van der Waals surface area contributed by atoms with E-state index in [-0.39, 0.29) is 5.75 Å². The van der Waals surface area contributed by atoms with Crippen LogP contribution >= 0.6 is 0 Å². The van der Waals surface area contributed by atoms with Gasteiger partial charge < -0.3 is 10.1 Å². The number of hydrogen-bond donors (Lipinski definition) is 1. The fourth-order valence-corrected chi connectivity index (χ4v) is 1.60. The van der Waals surface area contributed by atoms with Gasteiger partial charge in [-0.05, 0) is 43.0 Å². The number of halogens is 3. The summed E-state index contributed by atoms with van der Waals surface area (Å²) < 4.78 is 39.9. The molecule has 0 spiro atoms. The van der Waals surface area contributed by atoms with Crippen LogP contribution in [0.4, 0.5) is 13.2 Å². The molecule has 0 saturated heterocycles. The Morgan fingerprint density at radius 3 is 2.71 bits per heavy atom. The van der Waals surface area contributed by atoms with E-state index in [0.29, 0.717) is 6.54 Å². The molecule has 1 aliphatic carbocycles. The first-order valence-electron chi connectivity index (χ1n) is 5.58. The van der Waals surface area contributed by atoms with Gasteiger partial charge in [0.2, 0.25) is 0 Å². The Bertz CT molecular complexity index is 374. The van der Waals surface area contributed by atoms with Gasteiger partial charge in [0.1, 0.15) is 5.75 Å². The van der Waals surface area contributed by atoms with Crippen LogP contribution in [0.25, 0.3) is 0 Å². The van der Waals surface area contributed by atoms with Crippen LogP contribution in [-0.2, 0) is 6.54 Å². The Balaban J connectivity index is 1.86. The second-order valence-corrected chi connectivity index (χ2v) is 4.27. The minimum atomic E-state index is -4.62. The fourth-order valence-electron chi connectivity index (χ4n) is 1.60. The molecule has 2 rings (SSSR count). The topological polar surface area (TPSA) is 21.3 Å². The lowest BCUT2D eigenvalue weighted by Crippen LogP contribution is -2.18. The van der Waals surface area contributed by atoms with Gasteiger partial charge in [-0.1, -0.05) is 12.1 Å². The minimum absolute atomic E-state index is 0.164. The first-order chi connectivity index (χ1) is 8.03. The van der Waals surface area contributed by atoms with Crippen molar-refractivity contribution in [1.29, 1.82) is 0 Å². The second kappa shape index (κ2) is 4.96. The molecular weight excluding hydrogens is 231 g/mol. The monoisotopic (exact) mass is 245 g/mol. The van der Waals surface area contributed by atoms with Gasteiger partial charge >= 0.3 is 6.36 Å². The highest BCUT2D eigenvalue weighted by Crippen LogP contribution is 2.28. The van der Waals surface area contributed by atoms with E-state index < -0.39 is 6.36 Å². The zero-order valence-electron chi connectivity index (χ0n) is 9.26. The number of rotatable bonds is 5. The molecule has 17 heavy (non-hydrogen) atoms. The maximum absolute atomic E-state index is 12.0. The van der Waals surface area contributed by atoms with Crippen LogP contribution in [0.15, 0.2) is 24.3 Å². The molecule has 0 amide bonds. The van der Waals surface area contributed by atoms with Crippen LogP contribution in [0.3, 0.4) is 0 Å². The molecule has 5 heteroatoms. The highest BCUT2D eigenvalue weighted by molar-refractivity contribution is 5.28. The Labute approximate surface area is 97.8 Å². The van der Waals surface area contributed by atoms with E-state index in [2.05, 4.69) is 10.1 Å². The predicted octanol–water partition coefficient (Wildman–Crippen LogP) is 3.08. The molecule has 0 aromatic heterocycles. The van der Waals surface area contributed by atoms with Gasteiger partial charge in [-0.2, -0.15) is 0 Å². The zero-order chi connectivity index (χ0) is 12.3. The van der Waals surface area contributed by atoms with E-state index in [0.717, 1.165) is 18.0 Å². The van der Waals surface area contributed by atoms with Gasteiger partial charge in [0.05, 0.1) is 0 Å². The fraction of sp³-hybridized carbons (Fsp3) is 0.500. The molecule has 1 aromatic carbocycles. The van der Waals surface area contributed by atoms with Gasteiger partial charge in [-0.3, -0.25) is 0 Å². The lowest BCUT2D eigenvalue weighted by Gasteiger charge is -2.10. The Morgan fingerprint density at radius 1 is 1.29 bits per heavy atom. The van der Waals surface area contributed by atoms with Crippen LogP contribution in [-0.4, -0.2) is 12.9 Å². The molecule has 1 aliphatic rings. The van der Waals surface area contributed by atoms with Crippen LogP contribution in [0, 0.1) is 5.92 Å². The number of benzene rings is 1. The van der Waals surface area contributed by atoms with Crippen LogP contribution in [0.1, 0.15) is 18.4 Å². The maximum Gasteiger partial charge on any atom is 0.573 e. The van der Waals surface area contributed by atoms with E-state index in [1.807, 2.05) is 0 Å². The maximum atomic E-state index is 12.0. The lowest BCUT2D eigenvalue weighted by molar-refractivity contribution is -0.274. The first-order valence-corrected chi connectivity index (χ1v) is 5.58. The van der Waals surface area contributed by atoms with E-state index in [4.69, 9.17) is 0 Å². The molecule has 1 N–H and O–H groups in total. The van der Waals surface area contributed by atoms with Gasteiger partial charge in [-0.15, -0.1) is 13.2 Å². The van der Waals surface area contributed by atoms with Crippen LogP contribution < -0.4 is 10.1 Å². The molecule has 1 saturated carbocycles. The Morgan fingerprint density at radius 2 is 2.06 bits per heavy atom. The summed E-state index contributed by atoms with van der Waals surface area (Å²) in [5.74, 6) is 0.591. The Kier molecular flexibility index (Phi) is 3.57. The number of ether oxygens (including phenoxy) is 1. The molecule has 94 valence electrons. The number of alkyl halides is 3. The molecule has 2 nitrogen and oxygen atoms in total. The van der Waals surface area contributed by atoms with E-state index in [1.54, 1.807) is 12.1 Å². The average molecular weight is 245 g/mol. The van der Waals surface area contributed by atoms with Crippen molar-refractivity contribution in [2.24, 2.45) is 5.92 Å². The summed E-state index contributed by atoms with van der Waals surface area (Å²) in [6, 6.07) is 6.06. The standard InChI is InChI=1S/C12H14F3NO/c13-12(14,15)17-11-3-1-2-10(6-11)8-16-7-9-4-5-9/h1-3,6,9,16H,4-5,7-8H2. The smallest absolute Gasteiger partial charge is 0.406 e. The van der Waals surface area contributed by atoms with Crippen molar-refractivity contribution in [3.05, 3.63) is 29.8 Å². The summed E-state index contributed by atoms with van der Waals surface area (Å²) in [5, 5.41) is 3.22. The van der Waals surface area contributed by atoms with Crippen LogP contribution in [0.2, 0.25) is 0 Å². The molecule has 1 fully saturated rings. The number of hydrogen-bond acceptors (Lipinski definition) is 2. The van der Waals surface area contributed by atoms with Crippen molar-refractivity contribution in [2.75, 3.05) is 6.54 Å². The molecule has 0 aliphatic heterocycles. The summed E-state index contributed by atoms with van der Waals surface area (Å²) in [4.78, 5) is 0. The normalized spacial score (nSPS) is 15.9. The van der Waals surface area contributed by atoms with Crippen molar-refractivity contribution in [2.45, 2.75) is 25.7 Å². The lowest BCUT2D eigenvalue weighted by atomic mass is 10.2. The van der Waals surface area contributed by atoms with E-state index >= 15 is 0 Å². The highest BCUT2D eigenvalue weighted by atomic mass is 19.4. The van der Waals surface area contributed by atoms with Crippen molar-refractivity contribution < 1.29 is 17.9 Å². The van der Waals surface area contributed by atoms with Gasteiger partial charge in [0.25, 0.3) is 0 Å². The second-order valence-electron chi connectivity index (χ2n) is 4.27. The highest BCUT2D eigenvalue weighted by Gasteiger charge is 2.31. The molecule has 0 atom stereocenters. The first kappa shape index (κ1) is 12.2. The molecule has 0 heterocycles. The minimum Gasteiger partial charge on any atom is -0.406 e. The van der Waals surface area contributed by atoms with Gasteiger partial charge in [-0.25, -0.2) is 0 Å². The van der Waals surface area contributed by atoms with E-state index in [1.165, 1.54) is 25.0 Å². The quantitative estimate of drug-likeness (QED) is 0.860.